The predicted molar refractivity (Wildman–Crippen MR) is 69.5 cm³/mol. The van der Waals surface area contributed by atoms with Crippen LogP contribution in [0.3, 0.4) is 0 Å². The van der Waals surface area contributed by atoms with Crippen LogP contribution in [0, 0.1) is 17.2 Å². The van der Waals surface area contributed by atoms with Gasteiger partial charge in [0.1, 0.15) is 6.07 Å². The fourth-order valence-corrected chi connectivity index (χ4v) is 2.55. The van der Waals surface area contributed by atoms with Gasteiger partial charge in [-0.2, -0.15) is 5.26 Å². The Hall–Kier alpha value is -1.01. The van der Waals surface area contributed by atoms with Crippen molar-refractivity contribution in [3.05, 3.63) is 28.2 Å². The van der Waals surface area contributed by atoms with Crippen LogP contribution >= 0.6 is 15.9 Å². The first-order chi connectivity index (χ1) is 7.72. The molecule has 0 aromatic heterocycles. The van der Waals surface area contributed by atoms with Gasteiger partial charge in [-0.05, 0) is 46.8 Å². The van der Waals surface area contributed by atoms with Crippen LogP contribution in [0.2, 0.25) is 0 Å². The predicted octanol–water partition coefficient (Wildman–Crippen LogP) is 3.56. The highest BCUT2D eigenvalue weighted by atomic mass is 79.9. The first-order valence-electron chi connectivity index (χ1n) is 5.62. The molecule has 2 rings (SSSR count). The molecule has 0 spiro atoms. The van der Waals surface area contributed by atoms with Gasteiger partial charge < -0.3 is 4.90 Å². The molecule has 0 bridgehead atoms. The third kappa shape index (κ3) is 2.22. The summed E-state index contributed by atoms with van der Waals surface area (Å²) in [6.45, 7) is 1.06. The Morgan fingerprint density at radius 1 is 1.50 bits per heavy atom. The normalized spacial score (nSPS) is 15.3. The van der Waals surface area contributed by atoms with Gasteiger partial charge >= 0.3 is 0 Å². The van der Waals surface area contributed by atoms with Crippen LogP contribution in [0.4, 0.5) is 5.69 Å². The molecule has 3 heteroatoms. The number of rotatable bonds is 3. The molecule has 1 aromatic rings. The summed E-state index contributed by atoms with van der Waals surface area (Å²) in [6.07, 6.45) is 4.03. The van der Waals surface area contributed by atoms with Gasteiger partial charge in [0.2, 0.25) is 0 Å². The minimum absolute atomic E-state index is 0.740. The molecule has 16 heavy (non-hydrogen) atoms. The van der Waals surface area contributed by atoms with E-state index in [0.29, 0.717) is 0 Å². The molecular formula is C13H15BrN2. The fraction of sp³-hybridized carbons (Fsp3) is 0.462. The van der Waals surface area contributed by atoms with Crippen LogP contribution < -0.4 is 4.90 Å². The Morgan fingerprint density at radius 3 is 2.81 bits per heavy atom. The zero-order valence-corrected chi connectivity index (χ0v) is 11.0. The zero-order chi connectivity index (χ0) is 11.5. The van der Waals surface area contributed by atoms with Gasteiger partial charge in [0.05, 0.1) is 11.3 Å². The standard InChI is InChI=1S/C13H15BrN2/c1-16(9-10-4-2-5-10)13-7-3-6-12(14)11(13)8-15/h3,6-7,10H,2,4-5,9H2,1H3. The van der Waals surface area contributed by atoms with Crippen LogP contribution in [0.25, 0.3) is 0 Å². The molecule has 0 N–H and O–H groups in total. The second-order valence-corrected chi connectivity index (χ2v) is 5.28. The summed E-state index contributed by atoms with van der Waals surface area (Å²) < 4.78 is 0.882. The topological polar surface area (TPSA) is 27.0 Å². The second-order valence-electron chi connectivity index (χ2n) is 4.42. The Kier molecular flexibility index (Phi) is 3.50. The third-order valence-corrected chi connectivity index (χ3v) is 3.93. The number of benzene rings is 1. The number of hydrogen-bond acceptors (Lipinski definition) is 2. The van der Waals surface area contributed by atoms with Crippen LogP contribution in [0.1, 0.15) is 24.8 Å². The molecule has 0 aliphatic heterocycles. The van der Waals surface area contributed by atoms with Crippen LogP contribution in [0.15, 0.2) is 22.7 Å². The average molecular weight is 279 g/mol. The van der Waals surface area contributed by atoms with Gasteiger partial charge in [0, 0.05) is 18.1 Å². The Balaban J connectivity index is 2.18. The molecule has 0 heterocycles. The minimum Gasteiger partial charge on any atom is -0.373 e. The first-order valence-corrected chi connectivity index (χ1v) is 6.41. The molecule has 0 amide bonds. The van der Waals surface area contributed by atoms with E-state index in [9.17, 15) is 0 Å². The van der Waals surface area contributed by atoms with Crippen molar-refractivity contribution in [2.75, 3.05) is 18.5 Å². The van der Waals surface area contributed by atoms with Crippen molar-refractivity contribution in [1.82, 2.24) is 0 Å². The number of hydrogen-bond donors (Lipinski definition) is 0. The molecule has 0 radical (unpaired) electrons. The number of nitriles is 1. The summed E-state index contributed by atoms with van der Waals surface area (Å²) in [7, 11) is 2.07. The minimum atomic E-state index is 0.740. The lowest BCUT2D eigenvalue weighted by Crippen LogP contribution is -2.29. The van der Waals surface area contributed by atoms with E-state index in [-0.39, 0.29) is 0 Å². The maximum Gasteiger partial charge on any atom is 0.103 e. The van der Waals surface area contributed by atoms with Crippen molar-refractivity contribution in [2.24, 2.45) is 5.92 Å². The van der Waals surface area contributed by atoms with E-state index in [1.54, 1.807) is 0 Å². The molecule has 1 saturated carbocycles. The summed E-state index contributed by atoms with van der Waals surface area (Å²) in [6, 6.07) is 8.18. The smallest absolute Gasteiger partial charge is 0.103 e. The fourth-order valence-electron chi connectivity index (χ4n) is 2.10. The van der Waals surface area contributed by atoms with Crippen LogP contribution in [-0.2, 0) is 0 Å². The van der Waals surface area contributed by atoms with Crippen LogP contribution in [-0.4, -0.2) is 13.6 Å². The van der Waals surface area contributed by atoms with Crippen molar-refractivity contribution in [3.63, 3.8) is 0 Å². The third-order valence-electron chi connectivity index (χ3n) is 3.27. The maximum atomic E-state index is 9.15. The van der Waals surface area contributed by atoms with Crippen molar-refractivity contribution in [3.8, 4) is 6.07 Å². The highest BCUT2D eigenvalue weighted by Gasteiger charge is 2.20. The lowest BCUT2D eigenvalue weighted by Gasteiger charge is -2.31. The largest absolute Gasteiger partial charge is 0.373 e. The lowest BCUT2D eigenvalue weighted by atomic mass is 9.85. The van der Waals surface area contributed by atoms with Gasteiger partial charge in [0.15, 0.2) is 0 Å². The van der Waals surface area contributed by atoms with Crippen molar-refractivity contribution >= 4 is 21.6 Å². The molecule has 2 nitrogen and oxygen atoms in total. The Morgan fingerprint density at radius 2 is 2.25 bits per heavy atom. The molecule has 1 aliphatic rings. The second kappa shape index (κ2) is 4.88. The SMILES string of the molecule is CN(CC1CCC1)c1cccc(Br)c1C#N. The van der Waals surface area contributed by atoms with E-state index in [0.717, 1.165) is 28.2 Å². The molecular weight excluding hydrogens is 264 g/mol. The molecule has 0 saturated heterocycles. The summed E-state index contributed by atoms with van der Waals surface area (Å²) in [4.78, 5) is 2.20. The number of anilines is 1. The summed E-state index contributed by atoms with van der Waals surface area (Å²) >= 11 is 3.42. The van der Waals surface area contributed by atoms with Crippen LogP contribution in [0.5, 0.6) is 0 Å². The van der Waals surface area contributed by atoms with Gasteiger partial charge in [-0.15, -0.1) is 0 Å². The van der Waals surface area contributed by atoms with E-state index in [1.807, 2.05) is 18.2 Å². The molecule has 1 fully saturated rings. The molecule has 84 valence electrons. The summed E-state index contributed by atoms with van der Waals surface area (Å²) in [5, 5.41) is 9.15. The summed E-state index contributed by atoms with van der Waals surface area (Å²) in [5.41, 5.74) is 1.77. The molecule has 1 aliphatic carbocycles. The maximum absolute atomic E-state index is 9.15. The molecule has 0 atom stereocenters. The summed E-state index contributed by atoms with van der Waals surface area (Å²) in [5.74, 6) is 0.815. The van der Waals surface area contributed by atoms with E-state index < -0.39 is 0 Å². The van der Waals surface area contributed by atoms with E-state index in [1.165, 1.54) is 19.3 Å². The van der Waals surface area contributed by atoms with E-state index in [2.05, 4.69) is 33.9 Å². The lowest BCUT2D eigenvalue weighted by molar-refractivity contribution is 0.321. The van der Waals surface area contributed by atoms with Gasteiger partial charge in [-0.1, -0.05) is 12.5 Å². The van der Waals surface area contributed by atoms with Crippen molar-refractivity contribution < 1.29 is 0 Å². The first kappa shape index (κ1) is 11.5. The highest BCUT2D eigenvalue weighted by Crippen LogP contribution is 2.31. The monoisotopic (exact) mass is 278 g/mol. The van der Waals surface area contributed by atoms with Gasteiger partial charge in [-0.25, -0.2) is 0 Å². The quantitative estimate of drug-likeness (QED) is 0.846. The molecule has 1 aromatic carbocycles. The van der Waals surface area contributed by atoms with E-state index in [4.69, 9.17) is 5.26 Å². The van der Waals surface area contributed by atoms with Crippen molar-refractivity contribution in [2.45, 2.75) is 19.3 Å². The molecule has 0 unspecified atom stereocenters. The number of halogens is 1. The van der Waals surface area contributed by atoms with Crippen molar-refractivity contribution in [1.29, 1.82) is 5.26 Å². The number of nitrogens with zero attached hydrogens (tertiary/aromatic N) is 2. The van der Waals surface area contributed by atoms with E-state index >= 15 is 0 Å². The average Bonchev–Trinajstić information content (AvgIpc) is 2.22. The Labute approximate surface area is 105 Å². The Bertz CT molecular complexity index is 418. The zero-order valence-electron chi connectivity index (χ0n) is 9.41. The van der Waals surface area contributed by atoms with Gasteiger partial charge in [0.25, 0.3) is 0 Å². The highest BCUT2D eigenvalue weighted by molar-refractivity contribution is 9.10. The van der Waals surface area contributed by atoms with Gasteiger partial charge in [-0.3, -0.25) is 0 Å².